The van der Waals surface area contributed by atoms with E-state index in [1.807, 2.05) is 0 Å². The quantitative estimate of drug-likeness (QED) is 0.494. The number of phenolic OH excluding ortho intramolecular Hbond substituents is 1. The van der Waals surface area contributed by atoms with Crippen LogP contribution in [-0.4, -0.2) is 16.2 Å². The van der Waals surface area contributed by atoms with Gasteiger partial charge in [-0.15, -0.1) is 0 Å². The lowest BCUT2D eigenvalue weighted by Gasteiger charge is -2.12. The van der Waals surface area contributed by atoms with Gasteiger partial charge in [-0.3, -0.25) is 0 Å². The Bertz CT molecular complexity index is 386. The van der Waals surface area contributed by atoms with Gasteiger partial charge in [0.15, 0.2) is 5.75 Å². The van der Waals surface area contributed by atoms with Crippen LogP contribution in [0, 0.1) is 13.8 Å². The van der Waals surface area contributed by atoms with Gasteiger partial charge in [-0.25, -0.2) is 4.79 Å². The van der Waals surface area contributed by atoms with Crippen LogP contribution in [0.2, 0.25) is 5.02 Å². The Hall–Kier alpha value is -1.42. The van der Waals surface area contributed by atoms with Crippen molar-refractivity contribution < 1.29 is 15.0 Å². The number of benzene rings is 1. The summed E-state index contributed by atoms with van der Waals surface area (Å²) in [6.45, 7) is 3.23. The van der Waals surface area contributed by atoms with Gasteiger partial charge in [0.05, 0.1) is 16.3 Å². The van der Waals surface area contributed by atoms with Gasteiger partial charge in [0, 0.05) is 0 Å². The maximum Gasteiger partial charge on any atom is 0.338 e. The summed E-state index contributed by atoms with van der Waals surface area (Å²) in [5.74, 6) is -1.54. The molecule has 0 aliphatic rings. The van der Waals surface area contributed by atoms with Crippen molar-refractivity contribution in [1.29, 1.82) is 0 Å². The van der Waals surface area contributed by atoms with Gasteiger partial charge in [0.1, 0.15) is 0 Å². The molecule has 0 saturated heterocycles. The second-order valence-corrected chi connectivity index (χ2v) is 3.38. The maximum absolute atomic E-state index is 10.8. The number of aromatic hydroxyl groups is 1. The highest BCUT2D eigenvalue weighted by Crippen LogP contribution is 2.38. The molecule has 0 spiro atoms. The third-order valence-corrected chi connectivity index (χ3v) is 2.68. The normalized spacial score (nSPS) is 10.2. The Morgan fingerprint density at radius 3 is 2.29 bits per heavy atom. The molecule has 0 radical (unpaired) electrons. The fourth-order valence-corrected chi connectivity index (χ4v) is 1.49. The van der Waals surface area contributed by atoms with E-state index in [0.717, 1.165) is 0 Å². The van der Waals surface area contributed by atoms with Crippen molar-refractivity contribution in [2.45, 2.75) is 13.8 Å². The minimum absolute atomic E-state index is 0.0931. The molecule has 4 N–H and O–H groups in total. The molecule has 0 aliphatic heterocycles. The summed E-state index contributed by atoms with van der Waals surface area (Å²) in [5.41, 5.74) is 6.15. The molecule has 0 aromatic heterocycles. The first kappa shape index (κ1) is 10.7. The molecule has 0 saturated carbocycles. The Morgan fingerprint density at radius 2 is 1.86 bits per heavy atom. The van der Waals surface area contributed by atoms with Crippen LogP contribution in [0.1, 0.15) is 21.5 Å². The highest BCUT2D eigenvalue weighted by atomic mass is 35.5. The molecule has 1 aromatic carbocycles. The lowest BCUT2D eigenvalue weighted by Crippen LogP contribution is -2.07. The Kier molecular flexibility index (Phi) is 2.57. The number of nitrogen functional groups attached to an aromatic ring is 1. The van der Waals surface area contributed by atoms with Crippen LogP contribution in [-0.2, 0) is 0 Å². The molecule has 0 fully saturated rings. The van der Waals surface area contributed by atoms with Crippen molar-refractivity contribution in [1.82, 2.24) is 0 Å². The Morgan fingerprint density at radius 1 is 1.36 bits per heavy atom. The fraction of sp³-hybridized carbons (Fsp3) is 0.222. The Balaban J connectivity index is 3.68. The van der Waals surface area contributed by atoms with Gasteiger partial charge >= 0.3 is 5.97 Å². The monoisotopic (exact) mass is 215 g/mol. The van der Waals surface area contributed by atoms with Crippen molar-refractivity contribution in [2.24, 2.45) is 0 Å². The SMILES string of the molecule is Cc1c(C)c(C(=O)O)c(N)c(O)c1Cl. The molecular weight excluding hydrogens is 206 g/mol. The molecule has 1 aromatic rings. The minimum Gasteiger partial charge on any atom is -0.504 e. The standard InChI is InChI=1S/C9H10ClNO3/c1-3-4(2)6(10)8(12)7(11)5(3)9(13)14/h12H,11H2,1-2H3,(H,13,14). The average molecular weight is 216 g/mol. The van der Waals surface area contributed by atoms with Crippen LogP contribution >= 0.6 is 11.6 Å². The molecule has 1 rings (SSSR count). The second kappa shape index (κ2) is 3.38. The first-order chi connectivity index (χ1) is 6.37. The number of carboxylic acid groups (broad SMARTS) is 1. The zero-order valence-corrected chi connectivity index (χ0v) is 8.51. The largest absolute Gasteiger partial charge is 0.504 e. The first-order valence-electron chi connectivity index (χ1n) is 3.88. The number of hydrogen-bond donors (Lipinski definition) is 3. The smallest absolute Gasteiger partial charge is 0.338 e. The molecule has 0 amide bonds. The molecule has 0 aliphatic carbocycles. The van der Waals surface area contributed by atoms with Crippen LogP contribution in [0.25, 0.3) is 0 Å². The number of nitrogens with two attached hydrogens (primary N) is 1. The van der Waals surface area contributed by atoms with Crippen LogP contribution in [0.5, 0.6) is 5.75 Å². The number of carbonyl (C=O) groups is 1. The van der Waals surface area contributed by atoms with Gasteiger partial charge in [0.2, 0.25) is 0 Å². The predicted octanol–water partition coefficient (Wildman–Crippen LogP) is 1.94. The summed E-state index contributed by atoms with van der Waals surface area (Å²) in [4.78, 5) is 10.8. The van der Waals surface area contributed by atoms with Gasteiger partial charge < -0.3 is 15.9 Å². The predicted molar refractivity (Wildman–Crippen MR) is 54.0 cm³/mol. The van der Waals surface area contributed by atoms with E-state index >= 15 is 0 Å². The number of anilines is 1. The molecule has 0 atom stereocenters. The zero-order chi connectivity index (χ0) is 11.0. The minimum atomic E-state index is -1.17. The number of halogens is 1. The van der Waals surface area contributed by atoms with E-state index in [1.54, 1.807) is 13.8 Å². The molecule has 5 heteroatoms. The molecular formula is C9H10ClNO3. The average Bonchev–Trinajstić information content (AvgIpc) is 2.11. The number of carboxylic acids is 1. The van der Waals surface area contributed by atoms with Gasteiger partial charge in [-0.2, -0.15) is 0 Å². The van der Waals surface area contributed by atoms with E-state index in [9.17, 15) is 9.90 Å². The molecule has 14 heavy (non-hydrogen) atoms. The summed E-state index contributed by atoms with van der Waals surface area (Å²) in [5, 5.41) is 18.4. The number of hydrogen-bond acceptors (Lipinski definition) is 3. The van der Waals surface area contributed by atoms with Gasteiger partial charge in [-0.1, -0.05) is 11.6 Å². The molecule has 76 valence electrons. The number of aromatic carboxylic acids is 1. The van der Waals surface area contributed by atoms with E-state index in [4.69, 9.17) is 22.4 Å². The van der Waals surface area contributed by atoms with E-state index in [2.05, 4.69) is 0 Å². The molecule has 0 unspecified atom stereocenters. The van der Waals surface area contributed by atoms with Gasteiger partial charge in [0.25, 0.3) is 0 Å². The van der Waals surface area contributed by atoms with Crippen molar-refractivity contribution in [3.8, 4) is 5.75 Å². The van der Waals surface area contributed by atoms with E-state index in [1.165, 1.54) is 0 Å². The van der Waals surface area contributed by atoms with Crippen LogP contribution < -0.4 is 5.73 Å². The van der Waals surface area contributed by atoms with Crippen molar-refractivity contribution in [3.63, 3.8) is 0 Å². The molecule has 4 nitrogen and oxygen atoms in total. The van der Waals surface area contributed by atoms with Crippen molar-refractivity contribution >= 4 is 23.3 Å². The van der Waals surface area contributed by atoms with Crippen LogP contribution in [0.4, 0.5) is 5.69 Å². The second-order valence-electron chi connectivity index (χ2n) is 3.01. The van der Waals surface area contributed by atoms with E-state index < -0.39 is 5.97 Å². The van der Waals surface area contributed by atoms with Crippen molar-refractivity contribution in [3.05, 3.63) is 21.7 Å². The van der Waals surface area contributed by atoms with Crippen LogP contribution in [0.3, 0.4) is 0 Å². The summed E-state index contributed by atoms with van der Waals surface area (Å²) in [7, 11) is 0. The number of rotatable bonds is 1. The molecule has 0 bridgehead atoms. The number of phenols is 1. The maximum atomic E-state index is 10.8. The zero-order valence-electron chi connectivity index (χ0n) is 7.76. The van der Waals surface area contributed by atoms with Gasteiger partial charge in [-0.05, 0) is 25.0 Å². The van der Waals surface area contributed by atoms with Crippen molar-refractivity contribution in [2.75, 3.05) is 5.73 Å². The topological polar surface area (TPSA) is 83.5 Å². The highest BCUT2D eigenvalue weighted by molar-refractivity contribution is 6.33. The molecule has 0 heterocycles. The lowest BCUT2D eigenvalue weighted by atomic mass is 10.0. The fourth-order valence-electron chi connectivity index (χ4n) is 1.24. The summed E-state index contributed by atoms with van der Waals surface area (Å²) < 4.78 is 0. The van der Waals surface area contributed by atoms with Crippen LogP contribution in [0.15, 0.2) is 0 Å². The summed E-state index contributed by atoms with van der Waals surface area (Å²) in [6, 6.07) is 0. The highest BCUT2D eigenvalue weighted by Gasteiger charge is 2.20. The third-order valence-electron chi connectivity index (χ3n) is 2.21. The summed E-state index contributed by atoms with van der Waals surface area (Å²) >= 11 is 5.74. The van der Waals surface area contributed by atoms with E-state index in [-0.39, 0.29) is 22.0 Å². The third kappa shape index (κ3) is 1.37. The first-order valence-corrected chi connectivity index (χ1v) is 4.26. The van der Waals surface area contributed by atoms with E-state index in [0.29, 0.717) is 11.1 Å². The Labute approximate surface area is 85.9 Å². The summed E-state index contributed by atoms with van der Waals surface area (Å²) in [6.07, 6.45) is 0. The lowest BCUT2D eigenvalue weighted by molar-refractivity contribution is 0.0697.